The summed E-state index contributed by atoms with van der Waals surface area (Å²) in [5.41, 5.74) is 8.69. The van der Waals surface area contributed by atoms with Crippen LogP contribution in [-0.2, 0) is 6.42 Å². The van der Waals surface area contributed by atoms with Crippen molar-refractivity contribution in [3.8, 4) is 0 Å². The molecule has 15 heavy (non-hydrogen) atoms. The van der Waals surface area contributed by atoms with Gasteiger partial charge in [0.15, 0.2) is 0 Å². The van der Waals surface area contributed by atoms with Gasteiger partial charge in [0.25, 0.3) is 0 Å². The second-order valence-electron chi connectivity index (χ2n) is 4.57. The Morgan fingerprint density at radius 3 is 3.00 bits per heavy atom. The molecule has 0 saturated heterocycles. The van der Waals surface area contributed by atoms with Gasteiger partial charge in [-0.1, -0.05) is 6.07 Å². The van der Waals surface area contributed by atoms with E-state index in [1.165, 1.54) is 23.1 Å². The van der Waals surface area contributed by atoms with Crippen LogP contribution in [0.2, 0.25) is 0 Å². The first-order chi connectivity index (χ1) is 7.15. The van der Waals surface area contributed by atoms with E-state index >= 15 is 0 Å². The van der Waals surface area contributed by atoms with Crippen LogP contribution in [-0.4, -0.2) is 10.5 Å². The summed E-state index contributed by atoms with van der Waals surface area (Å²) in [6, 6.07) is 6.52. The molecule has 78 valence electrons. The summed E-state index contributed by atoms with van der Waals surface area (Å²) >= 11 is 1.76. The van der Waals surface area contributed by atoms with Crippen molar-refractivity contribution in [1.82, 2.24) is 4.98 Å². The third kappa shape index (κ3) is 1.77. The van der Waals surface area contributed by atoms with Crippen LogP contribution in [0.4, 0.5) is 0 Å². The molecule has 1 heterocycles. The molecule has 0 radical (unpaired) electrons. The molecule has 0 unspecified atom stereocenters. The van der Waals surface area contributed by atoms with Gasteiger partial charge in [0, 0.05) is 5.54 Å². The van der Waals surface area contributed by atoms with E-state index in [4.69, 9.17) is 5.73 Å². The lowest BCUT2D eigenvalue weighted by molar-refractivity contribution is 0.673. The van der Waals surface area contributed by atoms with Crippen LogP contribution in [0.3, 0.4) is 0 Å². The first-order valence-electron chi connectivity index (χ1n) is 5.30. The largest absolute Gasteiger partial charge is 0.325 e. The molecule has 1 aliphatic carbocycles. The Morgan fingerprint density at radius 2 is 2.27 bits per heavy atom. The summed E-state index contributed by atoms with van der Waals surface area (Å²) in [5, 5.41) is 1.14. The van der Waals surface area contributed by atoms with Gasteiger partial charge < -0.3 is 5.73 Å². The predicted octanol–water partition coefficient (Wildman–Crippen LogP) is 2.64. The molecule has 1 saturated carbocycles. The molecule has 1 aliphatic rings. The zero-order valence-electron chi connectivity index (χ0n) is 8.79. The highest BCUT2D eigenvalue weighted by Gasteiger charge is 2.37. The number of hydrogen-bond acceptors (Lipinski definition) is 3. The highest BCUT2D eigenvalue weighted by atomic mass is 32.1. The number of aryl methyl sites for hydroxylation is 1. The number of nitrogens with two attached hydrogens (primary N) is 1. The van der Waals surface area contributed by atoms with Crippen LogP contribution in [0.1, 0.15) is 23.4 Å². The van der Waals surface area contributed by atoms with Crippen molar-refractivity contribution < 1.29 is 0 Å². The third-order valence-corrected chi connectivity index (χ3v) is 3.94. The molecule has 0 atom stereocenters. The predicted molar refractivity (Wildman–Crippen MR) is 64.2 cm³/mol. The Bertz CT molecular complexity index is 511. The van der Waals surface area contributed by atoms with Gasteiger partial charge in [0.05, 0.1) is 15.2 Å². The van der Waals surface area contributed by atoms with Gasteiger partial charge in [0.2, 0.25) is 0 Å². The quantitative estimate of drug-likeness (QED) is 0.841. The van der Waals surface area contributed by atoms with Crippen molar-refractivity contribution in [3.63, 3.8) is 0 Å². The maximum Gasteiger partial charge on any atom is 0.0907 e. The van der Waals surface area contributed by atoms with Crippen molar-refractivity contribution >= 4 is 21.6 Å². The number of benzene rings is 1. The molecule has 1 aromatic carbocycles. The molecule has 0 amide bonds. The Labute approximate surface area is 93.1 Å². The zero-order valence-corrected chi connectivity index (χ0v) is 9.60. The molecule has 2 aromatic rings. The van der Waals surface area contributed by atoms with Gasteiger partial charge in [-0.2, -0.15) is 0 Å². The highest BCUT2D eigenvalue weighted by molar-refractivity contribution is 7.18. The second kappa shape index (κ2) is 3.03. The first-order valence-corrected chi connectivity index (χ1v) is 6.11. The molecule has 0 bridgehead atoms. The maximum atomic E-state index is 6.12. The summed E-state index contributed by atoms with van der Waals surface area (Å²) in [5.74, 6) is 0. The minimum Gasteiger partial charge on any atom is -0.325 e. The van der Waals surface area contributed by atoms with Crippen LogP contribution < -0.4 is 5.73 Å². The van der Waals surface area contributed by atoms with E-state index < -0.39 is 0 Å². The van der Waals surface area contributed by atoms with E-state index in [0.717, 1.165) is 16.9 Å². The Balaban J connectivity index is 1.98. The normalized spacial score (nSPS) is 18.3. The first kappa shape index (κ1) is 9.31. The fourth-order valence-corrected chi connectivity index (χ4v) is 2.83. The molecule has 2 nitrogen and oxygen atoms in total. The van der Waals surface area contributed by atoms with Crippen LogP contribution in [0, 0.1) is 6.92 Å². The number of thiazole rings is 1. The molecule has 1 aromatic heterocycles. The Hall–Kier alpha value is -0.930. The molecule has 2 N–H and O–H groups in total. The summed E-state index contributed by atoms with van der Waals surface area (Å²) in [6.45, 7) is 2.05. The number of rotatable bonds is 2. The SMILES string of the molecule is Cc1nc2ccc(CC3(N)CC3)cc2s1. The molecule has 1 fully saturated rings. The maximum absolute atomic E-state index is 6.12. The average molecular weight is 218 g/mol. The summed E-state index contributed by atoms with van der Waals surface area (Å²) < 4.78 is 1.29. The lowest BCUT2D eigenvalue weighted by atomic mass is 10.1. The van der Waals surface area contributed by atoms with Crippen LogP contribution >= 0.6 is 11.3 Å². The van der Waals surface area contributed by atoms with Crippen LogP contribution in [0.25, 0.3) is 10.2 Å². The van der Waals surface area contributed by atoms with Gasteiger partial charge in [-0.3, -0.25) is 0 Å². The van der Waals surface area contributed by atoms with Crippen molar-refractivity contribution in [1.29, 1.82) is 0 Å². The third-order valence-electron chi connectivity index (χ3n) is 3.01. The smallest absolute Gasteiger partial charge is 0.0907 e. The second-order valence-corrected chi connectivity index (χ2v) is 5.81. The standard InChI is InChI=1S/C12H14N2S/c1-8-14-10-3-2-9(6-11(10)15-8)7-12(13)4-5-12/h2-3,6H,4-5,7,13H2,1H3. The van der Waals surface area contributed by atoms with Crippen molar-refractivity contribution in [2.75, 3.05) is 0 Å². The Kier molecular flexibility index (Phi) is 1.88. The van der Waals surface area contributed by atoms with Gasteiger partial charge in [-0.25, -0.2) is 4.98 Å². The highest BCUT2D eigenvalue weighted by Crippen LogP contribution is 2.36. The molecular formula is C12H14N2S. The van der Waals surface area contributed by atoms with Crippen LogP contribution in [0.5, 0.6) is 0 Å². The topological polar surface area (TPSA) is 38.9 Å². The minimum atomic E-state index is 0.105. The number of nitrogens with zero attached hydrogens (tertiary/aromatic N) is 1. The zero-order chi connectivity index (χ0) is 10.5. The number of aromatic nitrogens is 1. The van der Waals surface area contributed by atoms with Gasteiger partial charge in [0.1, 0.15) is 0 Å². The monoisotopic (exact) mass is 218 g/mol. The molecule has 3 rings (SSSR count). The van der Waals surface area contributed by atoms with E-state index in [1.54, 1.807) is 11.3 Å². The number of fused-ring (bicyclic) bond motifs is 1. The summed E-state index contributed by atoms with van der Waals surface area (Å²) in [6.07, 6.45) is 3.36. The summed E-state index contributed by atoms with van der Waals surface area (Å²) in [4.78, 5) is 4.45. The van der Waals surface area contributed by atoms with E-state index in [2.05, 4.69) is 30.1 Å². The lowest BCUT2D eigenvalue weighted by Gasteiger charge is -2.07. The number of hydrogen-bond donors (Lipinski definition) is 1. The van der Waals surface area contributed by atoms with E-state index in [0.29, 0.717) is 0 Å². The molecule has 3 heteroatoms. The van der Waals surface area contributed by atoms with Crippen molar-refractivity contribution in [2.45, 2.75) is 31.7 Å². The molecule has 0 spiro atoms. The van der Waals surface area contributed by atoms with Crippen LogP contribution in [0.15, 0.2) is 18.2 Å². The lowest BCUT2D eigenvalue weighted by Crippen LogP contribution is -2.24. The van der Waals surface area contributed by atoms with E-state index in [9.17, 15) is 0 Å². The molecular weight excluding hydrogens is 204 g/mol. The van der Waals surface area contributed by atoms with Gasteiger partial charge in [-0.05, 0) is 43.9 Å². The fraction of sp³-hybridized carbons (Fsp3) is 0.417. The van der Waals surface area contributed by atoms with Crippen molar-refractivity contribution in [3.05, 3.63) is 28.8 Å². The van der Waals surface area contributed by atoms with Crippen molar-refractivity contribution in [2.24, 2.45) is 5.73 Å². The molecule has 0 aliphatic heterocycles. The van der Waals surface area contributed by atoms with Gasteiger partial charge in [-0.15, -0.1) is 11.3 Å². The van der Waals surface area contributed by atoms with E-state index in [-0.39, 0.29) is 5.54 Å². The average Bonchev–Trinajstić information content (AvgIpc) is 2.76. The Morgan fingerprint density at radius 1 is 1.47 bits per heavy atom. The summed E-state index contributed by atoms with van der Waals surface area (Å²) in [7, 11) is 0. The fourth-order valence-electron chi connectivity index (χ4n) is 1.94. The van der Waals surface area contributed by atoms with E-state index in [1.807, 2.05) is 0 Å². The minimum absolute atomic E-state index is 0.105. The van der Waals surface area contributed by atoms with Gasteiger partial charge >= 0.3 is 0 Å².